The highest BCUT2D eigenvalue weighted by Crippen LogP contribution is 2.28. The Morgan fingerprint density at radius 3 is 2.79 bits per heavy atom. The fourth-order valence-electron chi connectivity index (χ4n) is 3.74. The smallest absolute Gasteiger partial charge is 0.252 e. The molecule has 0 saturated carbocycles. The number of ketones is 1. The highest BCUT2D eigenvalue weighted by atomic mass is 32.1. The molecule has 2 N–H and O–H groups in total. The molecule has 8 heteroatoms. The molecule has 0 spiro atoms. The maximum Gasteiger partial charge on any atom is 0.252 e. The normalized spacial score (nSPS) is 22.1. The number of rotatable bonds is 5. The number of Topliss-reactive ketones (excluding diaryl/α,β-unsaturated/α-hetero) is 1. The van der Waals surface area contributed by atoms with Crippen LogP contribution >= 0.6 is 11.3 Å². The standard InChI is InChI=1S/C20H20N2O5S/c23-14-3-1-12(2-4-14)9-15(21-19(25)13-6-8-28-11-13)20(26)22-7-5-17-18(22)16(24)10-27-17/h1-4,6,8,11,15,17-18,23H,5,7,9-10H2,(H,21,25)/t15-,17?,18?/m0/s1. The summed E-state index contributed by atoms with van der Waals surface area (Å²) in [5.74, 6) is -0.584. The number of hydrogen-bond donors (Lipinski definition) is 2. The van der Waals surface area contributed by atoms with E-state index in [1.807, 2.05) is 0 Å². The number of nitrogens with one attached hydrogen (secondary N) is 1. The number of amides is 2. The zero-order valence-electron chi connectivity index (χ0n) is 15.0. The lowest BCUT2D eigenvalue weighted by molar-refractivity contribution is -0.138. The van der Waals surface area contributed by atoms with E-state index in [-0.39, 0.29) is 42.5 Å². The molecular weight excluding hydrogens is 380 g/mol. The summed E-state index contributed by atoms with van der Waals surface area (Å²) in [6, 6.07) is 6.82. The van der Waals surface area contributed by atoms with Crippen LogP contribution in [0.3, 0.4) is 0 Å². The lowest BCUT2D eigenvalue weighted by Crippen LogP contribution is -2.53. The Bertz CT molecular complexity index is 881. The van der Waals surface area contributed by atoms with Gasteiger partial charge in [0.15, 0.2) is 5.78 Å². The van der Waals surface area contributed by atoms with Crippen LogP contribution in [0.1, 0.15) is 22.3 Å². The molecule has 2 fully saturated rings. The van der Waals surface area contributed by atoms with Crippen molar-refractivity contribution in [3.05, 3.63) is 52.2 Å². The number of benzene rings is 1. The molecule has 1 aromatic carbocycles. The van der Waals surface area contributed by atoms with E-state index >= 15 is 0 Å². The molecule has 0 bridgehead atoms. The van der Waals surface area contributed by atoms with E-state index in [0.717, 1.165) is 5.56 Å². The molecule has 3 heterocycles. The maximum atomic E-state index is 13.3. The van der Waals surface area contributed by atoms with Crippen LogP contribution in [-0.4, -0.2) is 58.9 Å². The second-order valence-corrected chi connectivity index (χ2v) is 7.77. The SMILES string of the molecule is O=C(N[C@@H](Cc1ccc(O)cc1)C(=O)N1CCC2OCC(=O)C21)c1ccsc1. The van der Waals surface area contributed by atoms with Crippen molar-refractivity contribution in [2.45, 2.75) is 31.0 Å². The number of hydrogen-bond acceptors (Lipinski definition) is 6. The number of ether oxygens (including phenoxy) is 1. The lowest BCUT2D eigenvalue weighted by atomic mass is 10.0. The van der Waals surface area contributed by atoms with E-state index in [1.54, 1.807) is 33.9 Å². The molecule has 4 rings (SSSR count). The highest BCUT2D eigenvalue weighted by molar-refractivity contribution is 7.08. The van der Waals surface area contributed by atoms with Crippen LogP contribution < -0.4 is 5.32 Å². The zero-order valence-corrected chi connectivity index (χ0v) is 15.9. The number of thiophene rings is 1. The Morgan fingerprint density at radius 1 is 1.29 bits per heavy atom. The molecule has 2 saturated heterocycles. The number of carbonyl (C=O) groups is 3. The molecule has 146 valence electrons. The second-order valence-electron chi connectivity index (χ2n) is 6.99. The first-order valence-electron chi connectivity index (χ1n) is 9.08. The second kappa shape index (κ2) is 7.73. The number of phenolic OH excluding ortho intramolecular Hbond substituents is 1. The number of phenols is 1. The van der Waals surface area contributed by atoms with Crippen molar-refractivity contribution in [3.8, 4) is 5.75 Å². The van der Waals surface area contributed by atoms with Crippen LogP contribution in [0.25, 0.3) is 0 Å². The Morgan fingerprint density at radius 2 is 2.07 bits per heavy atom. The van der Waals surface area contributed by atoms with Crippen molar-refractivity contribution in [2.75, 3.05) is 13.2 Å². The van der Waals surface area contributed by atoms with Gasteiger partial charge in [0.05, 0.1) is 11.7 Å². The van der Waals surface area contributed by atoms with Gasteiger partial charge < -0.3 is 20.1 Å². The summed E-state index contributed by atoms with van der Waals surface area (Å²) in [5, 5.41) is 15.8. The maximum absolute atomic E-state index is 13.3. The summed E-state index contributed by atoms with van der Waals surface area (Å²) in [5.41, 5.74) is 1.29. The van der Waals surface area contributed by atoms with Crippen LogP contribution in [0.15, 0.2) is 41.1 Å². The number of likely N-dealkylation sites (tertiary alicyclic amines) is 1. The molecule has 2 aliphatic rings. The minimum atomic E-state index is -0.816. The molecular formula is C20H20N2O5S. The third-order valence-corrected chi connectivity index (χ3v) is 5.84. The minimum Gasteiger partial charge on any atom is -0.508 e. The Labute approximate surface area is 165 Å². The van der Waals surface area contributed by atoms with Crippen molar-refractivity contribution < 1.29 is 24.2 Å². The molecule has 2 aromatic rings. The molecule has 3 atom stereocenters. The third kappa shape index (κ3) is 3.65. The first-order valence-corrected chi connectivity index (χ1v) is 10.0. The van der Waals surface area contributed by atoms with Gasteiger partial charge in [-0.05, 0) is 35.6 Å². The first kappa shape index (κ1) is 18.6. The summed E-state index contributed by atoms with van der Waals surface area (Å²) in [7, 11) is 0. The molecule has 2 unspecified atom stereocenters. The molecule has 7 nitrogen and oxygen atoms in total. The molecule has 0 radical (unpaired) electrons. The van der Waals surface area contributed by atoms with Gasteiger partial charge in [0, 0.05) is 18.3 Å². The van der Waals surface area contributed by atoms with Gasteiger partial charge in [0.1, 0.15) is 24.4 Å². The summed E-state index contributed by atoms with van der Waals surface area (Å²) in [6.45, 7) is 0.462. The largest absolute Gasteiger partial charge is 0.508 e. The van der Waals surface area contributed by atoms with Crippen molar-refractivity contribution in [1.82, 2.24) is 10.2 Å². The van der Waals surface area contributed by atoms with E-state index in [0.29, 0.717) is 18.5 Å². The fraction of sp³-hybridized carbons (Fsp3) is 0.350. The summed E-state index contributed by atoms with van der Waals surface area (Å²) >= 11 is 1.40. The molecule has 2 amide bonds. The molecule has 0 aliphatic carbocycles. The van der Waals surface area contributed by atoms with Gasteiger partial charge in [-0.3, -0.25) is 14.4 Å². The van der Waals surface area contributed by atoms with E-state index in [9.17, 15) is 19.5 Å². The monoisotopic (exact) mass is 400 g/mol. The van der Waals surface area contributed by atoms with Gasteiger partial charge in [0.2, 0.25) is 5.91 Å². The predicted molar refractivity (Wildman–Crippen MR) is 102 cm³/mol. The Kier molecular flexibility index (Phi) is 5.15. The van der Waals surface area contributed by atoms with Gasteiger partial charge >= 0.3 is 0 Å². The first-order chi connectivity index (χ1) is 13.5. The van der Waals surface area contributed by atoms with Gasteiger partial charge in [-0.1, -0.05) is 12.1 Å². The topological polar surface area (TPSA) is 95.9 Å². The van der Waals surface area contributed by atoms with Gasteiger partial charge in [-0.15, -0.1) is 0 Å². The lowest BCUT2D eigenvalue weighted by Gasteiger charge is -2.27. The van der Waals surface area contributed by atoms with Gasteiger partial charge in [-0.2, -0.15) is 11.3 Å². The van der Waals surface area contributed by atoms with Crippen molar-refractivity contribution >= 4 is 28.9 Å². The molecule has 28 heavy (non-hydrogen) atoms. The van der Waals surface area contributed by atoms with Crippen LogP contribution in [0.4, 0.5) is 0 Å². The van der Waals surface area contributed by atoms with Crippen molar-refractivity contribution in [2.24, 2.45) is 0 Å². The number of nitrogens with zero attached hydrogens (tertiary/aromatic N) is 1. The van der Waals surface area contributed by atoms with Gasteiger partial charge in [0.25, 0.3) is 5.91 Å². The van der Waals surface area contributed by atoms with Crippen molar-refractivity contribution in [3.63, 3.8) is 0 Å². The van der Waals surface area contributed by atoms with Crippen molar-refractivity contribution in [1.29, 1.82) is 0 Å². The zero-order chi connectivity index (χ0) is 19.7. The third-order valence-electron chi connectivity index (χ3n) is 5.16. The molecule has 1 aromatic heterocycles. The Balaban J connectivity index is 1.56. The van der Waals surface area contributed by atoms with E-state index in [2.05, 4.69) is 5.32 Å². The van der Waals surface area contributed by atoms with E-state index in [1.165, 1.54) is 23.5 Å². The van der Waals surface area contributed by atoms with Crippen LogP contribution in [0.5, 0.6) is 5.75 Å². The Hall–Kier alpha value is -2.71. The molecule has 2 aliphatic heterocycles. The van der Waals surface area contributed by atoms with Crippen LogP contribution in [0.2, 0.25) is 0 Å². The van der Waals surface area contributed by atoms with Gasteiger partial charge in [-0.25, -0.2) is 0 Å². The quantitative estimate of drug-likeness (QED) is 0.790. The van der Waals surface area contributed by atoms with Crippen LogP contribution in [-0.2, 0) is 20.7 Å². The van der Waals surface area contributed by atoms with E-state index < -0.39 is 12.1 Å². The van der Waals surface area contributed by atoms with E-state index in [4.69, 9.17) is 4.74 Å². The van der Waals surface area contributed by atoms with Crippen LogP contribution in [0, 0.1) is 0 Å². The average Bonchev–Trinajstić information content (AvgIpc) is 3.42. The summed E-state index contributed by atoms with van der Waals surface area (Å²) in [4.78, 5) is 39.5. The average molecular weight is 400 g/mol. The fourth-order valence-corrected chi connectivity index (χ4v) is 4.38. The number of aromatic hydroxyl groups is 1. The number of carbonyl (C=O) groups excluding carboxylic acids is 3. The summed E-state index contributed by atoms with van der Waals surface area (Å²) < 4.78 is 5.46. The highest BCUT2D eigenvalue weighted by Gasteiger charge is 2.48. The predicted octanol–water partition coefficient (Wildman–Crippen LogP) is 1.36. The summed E-state index contributed by atoms with van der Waals surface area (Å²) in [6.07, 6.45) is 0.628. The minimum absolute atomic E-state index is 0.0308. The number of fused-ring (bicyclic) bond motifs is 1.